The number of aryl methyl sites for hydroxylation is 1. The van der Waals surface area contributed by atoms with Crippen molar-refractivity contribution >= 4 is 11.6 Å². The Labute approximate surface area is 120 Å². The van der Waals surface area contributed by atoms with Gasteiger partial charge in [-0.15, -0.1) is 11.6 Å². The normalized spacial score (nSPS) is 21.4. The standard InChI is InChI=1S/C18H19Cl/c1-2-13-7-9-14(10-8-13)11-16-12-15-5-3-4-6-17(15)18(16)19/h3-10,16,18H,2,11-12H2,1H3. The lowest BCUT2D eigenvalue weighted by atomic mass is 9.95. The molecule has 0 aliphatic heterocycles. The van der Waals surface area contributed by atoms with Crippen LogP contribution in [0.15, 0.2) is 48.5 Å². The summed E-state index contributed by atoms with van der Waals surface area (Å²) >= 11 is 6.62. The molecule has 1 aliphatic carbocycles. The Bertz CT molecular complexity index is 556. The lowest BCUT2D eigenvalue weighted by molar-refractivity contribution is 0.543. The third kappa shape index (κ3) is 2.55. The van der Waals surface area contributed by atoms with Crippen molar-refractivity contribution in [2.45, 2.75) is 31.6 Å². The first kappa shape index (κ1) is 12.7. The molecule has 2 unspecified atom stereocenters. The van der Waals surface area contributed by atoms with Crippen LogP contribution < -0.4 is 0 Å². The van der Waals surface area contributed by atoms with E-state index < -0.39 is 0 Å². The summed E-state index contributed by atoms with van der Waals surface area (Å²) in [7, 11) is 0. The Morgan fingerprint density at radius 3 is 2.37 bits per heavy atom. The van der Waals surface area contributed by atoms with E-state index in [0.29, 0.717) is 5.92 Å². The van der Waals surface area contributed by atoms with Gasteiger partial charge in [0.05, 0.1) is 5.38 Å². The van der Waals surface area contributed by atoms with Crippen molar-refractivity contribution in [3.8, 4) is 0 Å². The Morgan fingerprint density at radius 2 is 1.68 bits per heavy atom. The molecule has 0 heterocycles. The molecule has 19 heavy (non-hydrogen) atoms. The summed E-state index contributed by atoms with van der Waals surface area (Å²) in [4.78, 5) is 0. The minimum atomic E-state index is 0.169. The van der Waals surface area contributed by atoms with E-state index in [1.807, 2.05) is 0 Å². The Hall–Kier alpha value is -1.27. The van der Waals surface area contributed by atoms with E-state index in [0.717, 1.165) is 19.3 Å². The third-order valence-corrected chi connectivity index (χ3v) is 4.77. The SMILES string of the molecule is CCc1ccc(CC2Cc3ccccc3C2Cl)cc1. The van der Waals surface area contributed by atoms with Crippen LogP contribution in [0.1, 0.15) is 34.6 Å². The van der Waals surface area contributed by atoms with Gasteiger partial charge in [0.25, 0.3) is 0 Å². The van der Waals surface area contributed by atoms with Gasteiger partial charge in [-0.1, -0.05) is 55.5 Å². The van der Waals surface area contributed by atoms with Crippen LogP contribution in [0.4, 0.5) is 0 Å². The van der Waals surface area contributed by atoms with Crippen LogP contribution in [0.25, 0.3) is 0 Å². The molecule has 3 rings (SSSR count). The number of halogens is 1. The van der Waals surface area contributed by atoms with Gasteiger partial charge in [0, 0.05) is 0 Å². The zero-order valence-electron chi connectivity index (χ0n) is 11.3. The second-order valence-corrected chi connectivity index (χ2v) is 5.91. The van der Waals surface area contributed by atoms with Crippen LogP contribution in [-0.2, 0) is 19.3 Å². The van der Waals surface area contributed by atoms with Crippen molar-refractivity contribution in [3.63, 3.8) is 0 Å². The summed E-state index contributed by atoms with van der Waals surface area (Å²) in [6.45, 7) is 2.19. The van der Waals surface area contributed by atoms with Crippen LogP contribution in [0.2, 0.25) is 0 Å². The van der Waals surface area contributed by atoms with Gasteiger partial charge in [-0.05, 0) is 47.4 Å². The molecule has 1 aliphatic rings. The fourth-order valence-electron chi connectivity index (χ4n) is 3.02. The number of hydrogen-bond donors (Lipinski definition) is 0. The van der Waals surface area contributed by atoms with Gasteiger partial charge in [0.1, 0.15) is 0 Å². The highest BCUT2D eigenvalue weighted by molar-refractivity contribution is 6.21. The van der Waals surface area contributed by atoms with Crippen molar-refractivity contribution in [1.29, 1.82) is 0 Å². The van der Waals surface area contributed by atoms with E-state index >= 15 is 0 Å². The molecular weight excluding hydrogens is 252 g/mol. The maximum Gasteiger partial charge on any atom is 0.0622 e. The second-order valence-electron chi connectivity index (χ2n) is 5.44. The van der Waals surface area contributed by atoms with Crippen LogP contribution >= 0.6 is 11.6 Å². The van der Waals surface area contributed by atoms with Gasteiger partial charge in [-0.25, -0.2) is 0 Å². The molecule has 0 spiro atoms. The van der Waals surface area contributed by atoms with Crippen LogP contribution in [0.5, 0.6) is 0 Å². The topological polar surface area (TPSA) is 0 Å². The molecule has 0 fully saturated rings. The highest BCUT2D eigenvalue weighted by Gasteiger charge is 2.30. The minimum absolute atomic E-state index is 0.169. The number of rotatable bonds is 3. The summed E-state index contributed by atoms with van der Waals surface area (Å²) in [5.41, 5.74) is 5.57. The van der Waals surface area contributed by atoms with Crippen molar-refractivity contribution in [2.24, 2.45) is 5.92 Å². The van der Waals surface area contributed by atoms with Gasteiger partial charge < -0.3 is 0 Å². The number of hydrogen-bond acceptors (Lipinski definition) is 0. The summed E-state index contributed by atoms with van der Waals surface area (Å²) in [6.07, 6.45) is 3.29. The van der Waals surface area contributed by atoms with E-state index in [1.54, 1.807) is 0 Å². The van der Waals surface area contributed by atoms with Crippen molar-refractivity contribution in [1.82, 2.24) is 0 Å². The second kappa shape index (κ2) is 5.38. The van der Waals surface area contributed by atoms with E-state index in [-0.39, 0.29) is 5.38 Å². The quantitative estimate of drug-likeness (QED) is 0.693. The Balaban J connectivity index is 1.75. The number of alkyl halides is 1. The van der Waals surface area contributed by atoms with Gasteiger partial charge in [0.2, 0.25) is 0 Å². The molecule has 0 bridgehead atoms. The zero-order chi connectivity index (χ0) is 13.2. The smallest absolute Gasteiger partial charge is 0.0622 e. The fourth-order valence-corrected chi connectivity index (χ4v) is 3.41. The molecule has 2 aromatic rings. The first-order chi connectivity index (χ1) is 9.28. The fraction of sp³-hybridized carbons (Fsp3) is 0.333. The monoisotopic (exact) mass is 270 g/mol. The van der Waals surface area contributed by atoms with Gasteiger partial charge in [-0.2, -0.15) is 0 Å². The van der Waals surface area contributed by atoms with Crippen LogP contribution in [0, 0.1) is 5.92 Å². The van der Waals surface area contributed by atoms with E-state index in [2.05, 4.69) is 55.5 Å². The molecule has 2 atom stereocenters. The molecule has 0 saturated heterocycles. The number of fused-ring (bicyclic) bond motifs is 1. The predicted molar refractivity (Wildman–Crippen MR) is 81.8 cm³/mol. The van der Waals surface area contributed by atoms with Crippen molar-refractivity contribution in [3.05, 3.63) is 70.8 Å². The molecule has 0 aromatic heterocycles. The average Bonchev–Trinajstić information content (AvgIpc) is 2.77. The summed E-state index contributed by atoms with van der Waals surface area (Å²) in [5.74, 6) is 0.534. The minimum Gasteiger partial charge on any atom is -0.117 e. The highest BCUT2D eigenvalue weighted by atomic mass is 35.5. The first-order valence-electron chi connectivity index (χ1n) is 7.07. The van der Waals surface area contributed by atoms with Crippen LogP contribution in [-0.4, -0.2) is 0 Å². The van der Waals surface area contributed by atoms with Gasteiger partial charge in [0.15, 0.2) is 0 Å². The van der Waals surface area contributed by atoms with Gasteiger partial charge >= 0.3 is 0 Å². The maximum absolute atomic E-state index is 6.62. The summed E-state index contributed by atoms with van der Waals surface area (Å²) in [6, 6.07) is 17.6. The molecule has 0 amide bonds. The molecule has 98 valence electrons. The molecular formula is C18H19Cl. The lowest BCUT2D eigenvalue weighted by Gasteiger charge is -2.14. The summed E-state index contributed by atoms with van der Waals surface area (Å²) in [5, 5.41) is 0.169. The largest absolute Gasteiger partial charge is 0.117 e. The van der Waals surface area contributed by atoms with E-state index in [1.165, 1.54) is 22.3 Å². The van der Waals surface area contributed by atoms with Gasteiger partial charge in [-0.3, -0.25) is 0 Å². The average molecular weight is 271 g/mol. The molecule has 0 N–H and O–H groups in total. The molecule has 0 nitrogen and oxygen atoms in total. The summed E-state index contributed by atoms with van der Waals surface area (Å²) < 4.78 is 0. The third-order valence-electron chi connectivity index (χ3n) is 4.18. The van der Waals surface area contributed by atoms with E-state index in [4.69, 9.17) is 11.6 Å². The zero-order valence-corrected chi connectivity index (χ0v) is 12.0. The molecule has 1 heteroatoms. The first-order valence-corrected chi connectivity index (χ1v) is 7.51. The molecule has 2 aromatic carbocycles. The Morgan fingerprint density at radius 1 is 1.00 bits per heavy atom. The molecule has 0 saturated carbocycles. The van der Waals surface area contributed by atoms with Crippen molar-refractivity contribution < 1.29 is 0 Å². The number of benzene rings is 2. The van der Waals surface area contributed by atoms with Crippen molar-refractivity contribution in [2.75, 3.05) is 0 Å². The Kier molecular flexibility index (Phi) is 3.61. The maximum atomic E-state index is 6.62. The van der Waals surface area contributed by atoms with E-state index in [9.17, 15) is 0 Å². The highest BCUT2D eigenvalue weighted by Crippen LogP contribution is 2.42. The van der Waals surface area contributed by atoms with Crippen LogP contribution in [0.3, 0.4) is 0 Å². The predicted octanol–water partition coefficient (Wildman–Crippen LogP) is 4.94. The molecule has 0 radical (unpaired) electrons. The lowest BCUT2D eigenvalue weighted by Crippen LogP contribution is -2.06.